The van der Waals surface area contributed by atoms with Gasteiger partial charge in [-0.3, -0.25) is 5.01 Å². The molecule has 1 unspecified atom stereocenters. The van der Waals surface area contributed by atoms with Gasteiger partial charge in [-0.25, -0.2) is 5.43 Å². The lowest BCUT2D eigenvalue weighted by molar-refractivity contribution is 0.384. The van der Waals surface area contributed by atoms with Gasteiger partial charge in [0.2, 0.25) is 0 Å². The van der Waals surface area contributed by atoms with Gasteiger partial charge >= 0.3 is 0 Å². The second-order valence-electron chi connectivity index (χ2n) is 5.59. The zero-order chi connectivity index (χ0) is 14.1. The van der Waals surface area contributed by atoms with Gasteiger partial charge in [0, 0.05) is 12.1 Å². The van der Waals surface area contributed by atoms with E-state index in [1.165, 1.54) is 16.8 Å². The van der Waals surface area contributed by atoms with Gasteiger partial charge in [0.1, 0.15) is 5.54 Å². The summed E-state index contributed by atoms with van der Waals surface area (Å²) in [7, 11) is 0. The van der Waals surface area contributed by atoms with Crippen molar-refractivity contribution in [2.45, 2.75) is 18.5 Å². The third kappa shape index (κ3) is 1.91. The lowest BCUT2D eigenvalue weighted by Gasteiger charge is -2.54. The number of para-hydroxylation sites is 1. The molecule has 1 N–H and O–H groups in total. The number of allylic oxidation sites excluding steroid dienone is 2. The van der Waals surface area contributed by atoms with E-state index in [1.54, 1.807) is 0 Å². The van der Waals surface area contributed by atoms with E-state index in [2.05, 4.69) is 89.3 Å². The number of hydrogen-bond donors (Lipinski definition) is 1. The lowest BCUT2D eigenvalue weighted by atomic mass is 9.75. The van der Waals surface area contributed by atoms with Gasteiger partial charge in [0.05, 0.1) is 5.69 Å². The van der Waals surface area contributed by atoms with Crippen LogP contribution in [-0.4, -0.2) is 0 Å². The highest BCUT2D eigenvalue weighted by Crippen LogP contribution is 2.50. The Balaban J connectivity index is 1.62. The molecule has 2 aromatic rings. The van der Waals surface area contributed by atoms with Crippen LogP contribution < -0.4 is 10.4 Å². The van der Waals surface area contributed by atoms with Crippen LogP contribution in [0.2, 0.25) is 0 Å². The molecule has 0 saturated heterocycles. The SMILES string of the molecule is C1=CCC2(C=C1)c1ccccc1N2NCc1ccccc1. The van der Waals surface area contributed by atoms with E-state index in [0.717, 1.165) is 13.0 Å². The second-order valence-corrected chi connectivity index (χ2v) is 5.59. The molecule has 0 radical (unpaired) electrons. The Bertz CT molecular complexity index is 703. The maximum absolute atomic E-state index is 3.60. The molecular formula is C19H18N2. The van der Waals surface area contributed by atoms with E-state index < -0.39 is 0 Å². The van der Waals surface area contributed by atoms with E-state index in [0.29, 0.717) is 0 Å². The van der Waals surface area contributed by atoms with Crippen LogP contribution in [0, 0.1) is 0 Å². The van der Waals surface area contributed by atoms with E-state index in [-0.39, 0.29) is 5.54 Å². The maximum Gasteiger partial charge on any atom is 0.105 e. The van der Waals surface area contributed by atoms with Crippen LogP contribution in [0.15, 0.2) is 78.9 Å². The smallest absolute Gasteiger partial charge is 0.105 e. The fourth-order valence-corrected chi connectivity index (χ4v) is 3.28. The summed E-state index contributed by atoms with van der Waals surface area (Å²) in [6.07, 6.45) is 9.83. The van der Waals surface area contributed by atoms with Crippen molar-refractivity contribution in [1.82, 2.24) is 5.43 Å². The Morgan fingerprint density at radius 3 is 2.57 bits per heavy atom. The van der Waals surface area contributed by atoms with Crippen LogP contribution in [0.25, 0.3) is 0 Å². The molecule has 4 rings (SSSR count). The number of nitrogens with zero attached hydrogens (tertiary/aromatic N) is 1. The summed E-state index contributed by atoms with van der Waals surface area (Å²) in [5, 5.41) is 2.31. The molecular weight excluding hydrogens is 256 g/mol. The van der Waals surface area contributed by atoms with Crippen molar-refractivity contribution in [3.05, 3.63) is 90.0 Å². The molecule has 2 nitrogen and oxygen atoms in total. The minimum Gasteiger partial charge on any atom is -0.293 e. The summed E-state index contributed by atoms with van der Waals surface area (Å²) in [6.45, 7) is 0.842. The van der Waals surface area contributed by atoms with Crippen LogP contribution >= 0.6 is 0 Å². The number of nitrogens with one attached hydrogen (secondary N) is 1. The normalized spacial score (nSPS) is 22.2. The van der Waals surface area contributed by atoms with E-state index >= 15 is 0 Å². The monoisotopic (exact) mass is 274 g/mol. The summed E-state index contributed by atoms with van der Waals surface area (Å²) < 4.78 is 0. The van der Waals surface area contributed by atoms with Gasteiger partial charge in [-0.15, -0.1) is 0 Å². The topological polar surface area (TPSA) is 15.3 Å². The summed E-state index contributed by atoms with van der Waals surface area (Å²) in [6, 6.07) is 19.2. The Hall–Kier alpha value is -2.32. The molecule has 0 amide bonds. The third-order valence-corrected chi connectivity index (χ3v) is 4.34. The van der Waals surface area contributed by atoms with Crippen LogP contribution in [-0.2, 0) is 12.1 Å². The molecule has 1 aliphatic carbocycles. The van der Waals surface area contributed by atoms with Gasteiger partial charge in [-0.1, -0.05) is 72.8 Å². The molecule has 0 bridgehead atoms. The first kappa shape index (κ1) is 12.4. The molecule has 0 fully saturated rings. The van der Waals surface area contributed by atoms with Crippen molar-refractivity contribution in [2.75, 3.05) is 5.01 Å². The number of hydrazine groups is 1. The molecule has 1 heterocycles. The Kier molecular flexibility index (Phi) is 2.90. The minimum absolute atomic E-state index is 0.0138. The van der Waals surface area contributed by atoms with Gasteiger partial charge in [0.25, 0.3) is 0 Å². The van der Waals surface area contributed by atoms with Crippen LogP contribution in [0.5, 0.6) is 0 Å². The summed E-state index contributed by atoms with van der Waals surface area (Å²) in [5.41, 5.74) is 7.58. The van der Waals surface area contributed by atoms with Crippen LogP contribution in [0.4, 0.5) is 5.69 Å². The third-order valence-electron chi connectivity index (χ3n) is 4.34. The average Bonchev–Trinajstić information content (AvgIpc) is 2.57. The molecule has 2 aliphatic rings. The summed E-state index contributed by atoms with van der Waals surface area (Å²) in [5.74, 6) is 0. The Morgan fingerprint density at radius 1 is 0.952 bits per heavy atom. The van der Waals surface area contributed by atoms with E-state index in [9.17, 15) is 0 Å². The van der Waals surface area contributed by atoms with Crippen molar-refractivity contribution in [2.24, 2.45) is 0 Å². The zero-order valence-corrected chi connectivity index (χ0v) is 11.9. The largest absolute Gasteiger partial charge is 0.293 e. The maximum atomic E-state index is 3.60. The van der Waals surface area contributed by atoms with Crippen molar-refractivity contribution < 1.29 is 0 Å². The first-order valence-corrected chi connectivity index (χ1v) is 7.42. The molecule has 21 heavy (non-hydrogen) atoms. The number of fused-ring (bicyclic) bond motifs is 2. The second kappa shape index (κ2) is 4.90. The number of anilines is 1. The first-order chi connectivity index (χ1) is 10.4. The van der Waals surface area contributed by atoms with Gasteiger partial charge in [-0.05, 0) is 18.1 Å². The molecule has 1 spiro atoms. The van der Waals surface area contributed by atoms with Crippen LogP contribution in [0.1, 0.15) is 17.5 Å². The summed E-state index contributed by atoms with van der Waals surface area (Å²) >= 11 is 0. The lowest BCUT2D eigenvalue weighted by Crippen LogP contribution is -2.60. The van der Waals surface area contributed by atoms with Crippen molar-refractivity contribution in [3.8, 4) is 0 Å². The quantitative estimate of drug-likeness (QED) is 0.912. The van der Waals surface area contributed by atoms with Gasteiger partial charge in [-0.2, -0.15) is 0 Å². The van der Waals surface area contributed by atoms with E-state index in [4.69, 9.17) is 0 Å². The number of rotatable bonds is 3. The fourth-order valence-electron chi connectivity index (χ4n) is 3.28. The van der Waals surface area contributed by atoms with Gasteiger partial charge < -0.3 is 0 Å². The average molecular weight is 274 g/mol. The molecule has 1 atom stereocenters. The molecule has 0 aromatic heterocycles. The van der Waals surface area contributed by atoms with Crippen molar-refractivity contribution >= 4 is 5.69 Å². The zero-order valence-electron chi connectivity index (χ0n) is 11.9. The molecule has 2 aromatic carbocycles. The minimum atomic E-state index is -0.0138. The predicted octanol–water partition coefficient (Wildman–Crippen LogP) is 3.92. The number of hydrogen-bond acceptors (Lipinski definition) is 2. The van der Waals surface area contributed by atoms with Crippen LogP contribution in [0.3, 0.4) is 0 Å². The highest BCUT2D eigenvalue weighted by molar-refractivity contribution is 5.71. The fraction of sp³-hybridized carbons (Fsp3) is 0.158. The van der Waals surface area contributed by atoms with Gasteiger partial charge in [0.15, 0.2) is 0 Å². The highest BCUT2D eigenvalue weighted by atomic mass is 15.6. The first-order valence-electron chi connectivity index (χ1n) is 7.42. The number of benzene rings is 2. The highest BCUT2D eigenvalue weighted by Gasteiger charge is 2.47. The molecule has 0 saturated carbocycles. The Morgan fingerprint density at radius 2 is 1.76 bits per heavy atom. The Labute approximate surface area is 125 Å². The molecule has 104 valence electrons. The summed E-state index contributed by atoms with van der Waals surface area (Å²) in [4.78, 5) is 0. The van der Waals surface area contributed by atoms with Crippen molar-refractivity contribution in [1.29, 1.82) is 0 Å². The predicted molar refractivity (Wildman–Crippen MR) is 86.8 cm³/mol. The van der Waals surface area contributed by atoms with E-state index in [1.807, 2.05) is 0 Å². The molecule has 2 heteroatoms. The standard InChI is InChI=1S/C19H18N2/c1-3-9-16(10-4-1)15-20-21-18-12-6-5-11-17(18)19(21)13-7-2-8-14-19/h1-13,20H,14-15H2. The van der Waals surface area contributed by atoms with Crippen molar-refractivity contribution in [3.63, 3.8) is 0 Å². The molecule has 1 aliphatic heterocycles.